The van der Waals surface area contributed by atoms with Crippen LogP contribution in [0.2, 0.25) is 5.02 Å². The molecule has 0 bridgehead atoms. The lowest BCUT2D eigenvalue weighted by Crippen LogP contribution is -2.31. The maximum Gasteiger partial charge on any atom is 0.241 e. The van der Waals surface area contributed by atoms with Crippen LogP contribution in [0.4, 0.5) is 0 Å². The molecular formula is C31H26ClNO7S. The highest BCUT2D eigenvalue weighted by Gasteiger charge is 2.39. The van der Waals surface area contributed by atoms with E-state index in [0.717, 1.165) is 0 Å². The van der Waals surface area contributed by atoms with E-state index in [1.807, 2.05) is 0 Å². The lowest BCUT2D eigenvalue weighted by atomic mass is 9.81. The first-order chi connectivity index (χ1) is 19.7. The second-order valence-corrected chi connectivity index (χ2v) is 11.4. The highest BCUT2D eigenvalue weighted by Crippen LogP contribution is 2.47. The lowest BCUT2D eigenvalue weighted by Gasteiger charge is -2.27. The summed E-state index contributed by atoms with van der Waals surface area (Å²) in [6.45, 7) is 0. The van der Waals surface area contributed by atoms with Crippen LogP contribution >= 0.6 is 11.6 Å². The van der Waals surface area contributed by atoms with Gasteiger partial charge in [-0.15, -0.1) is 0 Å². The summed E-state index contributed by atoms with van der Waals surface area (Å²) in [6.07, 6.45) is -0.0346. The zero-order valence-electron chi connectivity index (χ0n) is 22.4. The van der Waals surface area contributed by atoms with Crippen molar-refractivity contribution in [1.29, 1.82) is 0 Å². The molecule has 41 heavy (non-hydrogen) atoms. The van der Waals surface area contributed by atoms with Crippen molar-refractivity contribution in [2.24, 2.45) is 0 Å². The van der Waals surface area contributed by atoms with E-state index in [2.05, 4.69) is 4.72 Å². The van der Waals surface area contributed by atoms with E-state index in [4.69, 9.17) is 25.8 Å². The van der Waals surface area contributed by atoms with Crippen molar-refractivity contribution in [3.05, 3.63) is 117 Å². The molecule has 0 spiro atoms. The van der Waals surface area contributed by atoms with E-state index in [-0.39, 0.29) is 50.1 Å². The van der Waals surface area contributed by atoms with Crippen molar-refractivity contribution < 1.29 is 32.2 Å². The van der Waals surface area contributed by atoms with Gasteiger partial charge in [0.2, 0.25) is 10.0 Å². The fourth-order valence-corrected chi connectivity index (χ4v) is 6.61. The third-order valence-corrected chi connectivity index (χ3v) is 8.89. The SMILES string of the molecule is COc1ccc(C(Cc2c(Cl)c(OC)c3c(c2OC)C(=O)c2ccccc2C3=O)NS(=O)(=O)c2ccccc2)cc1. The molecule has 1 atom stereocenters. The first kappa shape index (κ1) is 28.4. The van der Waals surface area contributed by atoms with Crippen LogP contribution in [-0.2, 0) is 16.4 Å². The first-order valence-electron chi connectivity index (χ1n) is 12.6. The van der Waals surface area contributed by atoms with Crippen LogP contribution in [0, 0.1) is 0 Å². The van der Waals surface area contributed by atoms with E-state index < -0.39 is 27.6 Å². The number of fused-ring (bicyclic) bond motifs is 2. The Hall–Kier alpha value is -4.18. The Morgan fingerprint density at radius 3 is 1.80 bits per heavy atom. The number of sulfonamides is 1. The molecule has 8 nitrogen and oxygen atoms in total. The molecule has 1 aliphatic rings. The predicted octanol–water partition coefficient (Wildman–Crippen LogP) is 5.40. The Morgan fingerprint density at radius 1 is 0.732 bits per heavy atom. The number of rotatable bonds is 9. The second kappa shape index (κ2) is 11.4. The quantitative estimate of drug-likeness (QED) is 0.244. The number of halogens is 1. The molecule has 0 saturated carbocycles. The molecule has 210 valence electrons. The van der Waals surface area contributed by atoms with Gasteiger partial charge in [0.1, 0.15) is 17.2 Å². The zero-order chi connectivity index (χ0) is 29.3. The summed E-state index contributed by atoms with van der Waals surface area (Å²) in [4.78, 5) is 27.4. The average Bonchev–Trinajstić information content (AvgIpc) is 3.00. The first-order valence-corrected chi connectivity index (χ1v) is 14.4. The van der Waals surface area contributed by atoms with Gasteiger partial charge in [0.25, 0.3) is 0 Å². The molecule has 0 heterocycles. The third-order valence-electron chi connectivity index (χ3n) is 7.00. The van der Waals surface area contributed by atoms with Gasteiger partial charge in [-0.25, -0.2) is 13.1 Å². The van der Waals surface area contributed by atoms with Gasteiger partial charge >= 0.3 is 0 Å². The molecule has 0 aromatic heterocycles. The van der Waals surface area contributed by atoms with E-state index in [1.54, 1.807) is 66.7 Å². The summed E-state index contributed by atoms with van der Waals surface area (Å²) in [5, 5.41) is 0.0426. The fraction of sp³-hybridized carbons (Fsp3) is 0.161. The summed E-state index contributed by atoms with van der Waals surface area (Å²) in [5.74, 6) is -0.155. The molecule has 1 unspecified atom stereocenters. The smallest absolute Gasteiger partial charge is 0.241 e. The van der Waals surface area contributed by atoms with Crippen LogP contribution in [0.1, 0.15) is 49.0 Å². The maximum absolute atomic E-state index is 13.7. The van der Waals surface area contributed by atoms with Gasteiger partial charge in [0.05, 0.1) is 48.4 Å². The van der Waals surface area contributed by atoms with Crippen molar-refractivity contribution in [3.8, 4) is 17.2 Å². The van der Waals surface area contributed by atoms with Gasteiger partial charge in [-0.3, -0.25) is 9.59 Å². The molecule has 0 saturated heterocycles. The number of hydrogen-bond donors (Lipinski definition) is 1. The van der Waals surface area contributed by atoms with Crippen LogP contribution in [0.3, 0.4) is 0 Å². The van der Waals surface area contributed by atoms with E-state index >= 15 is 0 Å². The summed E-state index contributed by atoms with van der Waals surface area (Å²) in [6, 6.07) is 20.5. The molecule has 0 aliphatic heterocycles. The largest absolute Gasteiger partial charge is 0.497 e. The Bertz CT molecular complexity index is 1750. The van der Waals surface area contributed by atoms with Gasteiger partial charge in [0, 0.05) is 16.7 Å². The van der Waals surface area contributed by atoms with Crippen LogP contribution in [0.5, 0.6) is 17.2 Å². The summed E-state index contributed by atoms with van der Waals surface area (Å²) in [7, 11) is 0.275. The van der Waals surface area contributed by atoms with Crippen LogP contribution in [-0.4, -0.2) is 41.3 Å². The zero-order valence-corrected chi connectivity index (χ0v) is 24.0. The Balaban J connectivity index is 1.68. The van der Waals surface area contributed by atoms with Crippen molar-refractivity contribution in [2.75, 3.05) is 21.3 Å². The highest BCUT2D eigenvalue weighted by atomic mass is 35.5. The Morgan fingerprint density at radius 2 is 1.27 bits per heavy atom. The average molecular weight is 592 g/mol. The van der Waals surface area contributed by atoms with Crippen LogP contribution in [0.25, 0.3) is 0 Å². The van der Waals surface area contributed by atoms with Gasteiger partial charge in [0.15, 0.2) is 11.6 Å². The van der Waals surface area contributed by atoms with Gasteiger partial charge in [-0.2, -0.15) is 0 Å². The molecule has 1 aliphatic carbocycles. The van der Waals surface area contributed by atoms with E-state index in [0.29, 0.717) is 16.9 Å². The standard InChI is InChI=1S/C31H26ClNO7S/c1-38-19-15-13-18(14-16-19)24(33-41(36,37)20-9-5-4-6-10-20)17-23-27(32)31(40-3)26-25(30(23)39-2)28(34)21-11-7-8-12-22(21)29(26)35/h4-16,24,33H,17H2,1-3H3. The predicted molar refractivity (Wildman–Crippen MR) is 154 cm³/mol. The number of methoxy groups -OCH3 is 3. The molecule has 4 aromatic carbocycles. The maximum atomic E-state index is 13.7. The minimum Gasteiger partial charge on any atom is -0.497 e. The van der Waals surface area contributed by atoms with Gasteiger partial charge < -0.3 is 14.2 Å². The summed E-state index contributed by atoms with van der Waals surface area (Å²) >= 11 is 6.87. The topological polar surface area (TPSA) is 108 Å². The monoisotopic (exact) mass is 591 g/mol. The minimum absolute atomic E-state index is 0.00710. The fourth-order valence-electron chi connectivity index (χ4n) is 5.03. The molecule has 0 radical (unpaired) electrons. The summed E-state index contributed by atoms with van der Waals surface area (Å²) < 4.78 is 46.2. The molecule has 0 amide bonds. The Kier molecular flexibility index (Phi) is 7.86. The minimum atomic E-state index is -3.99. The van der Waals surface area contributed by atoms with Crippen molar-refractivity contribution in [2.45, 2.75) is 17.4 Å². The number of carbonyl (C=O) groups excluding carboxylic acids is 2. The number of ether oxygens (including phenoxy) is 3. The second-order valence-electron chi connectivity index (χ2n) is 9.28. The number of nitrogens with one attached hydrogen (secondary N) is 1. The lowest BCUT2D eigenvalue weighted by molar-refractivity contribution is 0.0973. The van der Waals surface area contributed by atoms with Crippen molar-refractivity contribution in [3.63, 3.8) is 0 Å². The molecule has 0 fully saturated rings. The number of hydrogen-bond acceptors (Lipinski definition) is 7. The van der Waals surface area contributed by atoms with Crippen LogP contribution in [0.15, 0.2) is 83.8 Å². The molecule has 10 heteroatoms. The molecule has 1 N–H and O–H groups in total. The molecular weight excluding hydrogens is 566 g/mol. The highest BCUT2D eigenvalue weighted by molar-refractivity contribution is 7.89. The van der Waals surface area contributed by atoms with E-state index in [9.17, 15) is 18.0 Å². The number of benzene rings is 4. The number of ketones is 2. The molecule has 4 aromatic rings. The van der Waals surface area contributed by atoms with Crippen LogP contribution < -0.4 is 18.9 Å². The van der Waals surface area contributed by atoms with Crippen molar-refractivity contribution in [1.82, 2.24) is 4.72 Å². The molecule has 5 rings (SSSR count). The number of carbonyl (C=O) groups is 2. The summed E-state index contributed by atoms with van der Waals surface area (Å²) in [5.41, 5.74) is 1.41. The Labute approximate surface area is 242 Å². The van der Waals surface area contributed by atoms with Gasteiger partial charge in [-0.05, 0) is 36.2 Å². The van der Waals surface area contributed by atoms with Crippen molar-refractivity contribution >= 4 is 33.2 Å². The normalized spacial score (nSPS) is 13.3. The third kappa shape index (κ3) is 5.08. The van der Waals surface area contributed by atoms with E-state index in [1.165, 1.54) is 33.5 Å². The van der Waals surface area contributed by atoms with Gasteiger partial charge in [-0.1, -0.05) is 66.2 Å².